The molecule has 0 saturated carbocycles. The van der Waals surface area contributed by atoms with Gasteiger partial charge in [0.15, 0.2) is 0 Å². The summed E-state index contributed by atoms with van der Waals surface area (Å²) in [5.41, 5.74) is 0. The van der Waals surface area contributed by atoms with Crippen LogP contribution in [0.1, 0.15) is 0 Å². The van der Waals surface area contributed by atoms with Crippen LogP contribution in [0.15, 0.2) is 5.16 Å². The van der Waals surface area contributed by atoms with Gasteiger partial charge in [-0.25, -0.2) is 9.48 Å². The standard InChI is InChI=1S/C7H9N5O4S/c13-5(14)2-12-6(9-10-11-12)17-3-4-1-8-7(15)16-4/h4H,1-3H2,(H,8,15)(H,13,14). The summed E-state index contributed by atoms with van der Waals surface area (Å²) in [5, 5.41) is 22.2. The molecule has 1 aromatic heterocycles. The number of nitrogens with zero attached hydrogens (tertiary/aromatic N) is 4. The zero-order valence-corrected chi connectivity index (χ0v) is 9.38. The molecular weight excluding hydrogens is 250 g/mol. The number of carbonyl (C=O) groups excluding carboxylic acids is 1. The predicted molar refractivity (Wildman–Crippen MR) is 54.4 cm³/mol. The largest absolute Gasteiger partial charge is 0.480 e. The van der Waals surface area contributed by atoms with Crippen LogP contribution in [0.3, 0.4) is 0 Å². The van der Waals surface area contributed by atoms with E-state index in [4.69, 9.17) is 9.84 Å². The zero-order valence-electron chi connectivity index (χ0n) is 8.57. The molecule has 17 heavy (non-hydrogen) atoms. The van der Waals surface area contributed by atoms with Gasteiger partial charge in [0.25, 0.3) is 0 Å². The topological polar surface area (TPSA) is 119 Å². The lowest BCUT2D eigenvalue weighted by molar-refractivity contribution is -0.138. The lowest BCUT2D eigenvalue weighted by Crippen LogP contribution is -2.17. The fourth-order valence-electron chi connectivity index (χ4n) is 1.22. The van der Waals surface area contributed by atoms with E-state index < -0.39 is 12.1 Å². The number of aromatic nitrogens is 4. The van der Waals surface area contributed by atoms with Crippen LogP contribution in [0.25, 0.3) is 0 Å². The summed E-state index contributed by atoms with van der Waals surface area (Å²) in [5.74, 6) is -0.549. The molecule has 1 atom stereocenters. The Hall–Kier alpha value is -1.84. The lowest BCUT2D eigenvalue weighted by atomic mass is 10.4. The number of tetrazole rings is 1. The number of alkyl carbamates (subject to hydrolysis) is 1. The number of carbonyl (C=O) groups is 2. The van der Waals surface area contributed by atoms with E-state index in [1.807, 2.05) is 0 Å². The van der Waals surface area contributed by atoms with Gasteiger partial charge in [0.1, 0.15) is 12.6 Å². The molecule has 0 bridgehead atoms. The SMILES string of the molecule is O=C(O)Cn1nnnc1SCC1CNC(=O)O1. The second-order valence-electron chi connectivity index (χ2n) is 3.23. The first kappa shape index (κ1) is 11.6. The van der Waals surface area contributed by atoms with Gasteiger partial charge >= 0.3 is 12.1 Å². The normalized spacial score (nSPS) is 18.8. The number of hydrogen-bond donors (Lipinski definition) is 2. The van der Waals surface area contributed by atoms with Gasteiger partial charge in [-0.2, -0.15) is 0 Å². The highest BCUT2D eigenvalue weighted by atomic mass is 32.2. The Morgan fingerprint density at radius 2 is 2.53 bits per heavy atom. The summed E-state index contributed by atoms with van der Waals surface area (Å²) >= 11 is 1.24. The second kappa shape index (κ2) is 4.99. The molecule has 2 N–H and O–H groups in total. The minimum atomic E-state index is -1.02. The molecule has 1 aliphatic heterocycles. The fraction of sp³-hybridized carbons (Fsp3) is 0.571. The third-order valence-electron chi connectivity index (χ3n) is 1.93. The Kier molecular flexibility index (Phi) is 3.42. The van der Waals surface area contributed by atoms with E-state index in [-0.39, 0.29) is 12.6 Å². The molecule has 0 aromatic carbocycles. The van der Waals surface area contributed by atoms with E-state index >= 15 is 0 Å². The number of nitrogens with one attached hydrogen (secondary N) is 1. The molecule has 9 nitrogen and oxygen atoms in total. The molecule has 2 rings (SSSR count). The number of ether oxygens (including phenoxy) is 1. The van der Waals surface area contributed by atoms with E-state index in [1.54, 1.807) is 0 Å². The number of carboxylic acids is 1. The number of aliphatic carboxylic acids is 1. The summed E-state index contributed by atoms with van der Waals surface area (Å²) in [6, 6.07) is 0. The van der Waals surface area contributed by atoms with Crippen LogP contribution < -0.4 is 5.32 Å². The van der Waals surface area contributed by atoms with Crippen molar-refractivity contribution in [3.8, 4) is 0 Å². The van der Waals surface area contributed by atoms with E-state index in [0.717, 1.165) is 0 Å². The van der Waals surface area contributed by atoms with Crippen LogP contribution in [0, 0.1) is 0 Å². The van der Waals surface area contributed by atoms with Crippen LogP contribution in [0.2, 0.25) is 0 Å². The molecule has 1 fully saturated rings. The van der Waals surface area contributed by atoms with E-state index in [1.165, 1.54) is 16.4 Å². The summed E-state index contributed by atoms with van der Waals surface area (Å²) in [6.07, 6.45) is -0.691. The van der Waals surface area contributed by atoms with E-state index in [0.29, 0.717) is 17.5 Å². The smallest absolute Gasteiger partial charge is 0.407 e. The molecule has 0 radical (unpaired) electrons. The van der Waals surface area contributed by atoms with Crippen LogP contribution in [-0.2, 0) is 16.1 Å². The highest BCUT2D eigenvalue weighted by Crippen LogP contribution is 2.17. The predicted octanol–water partition coefficient (Wildman–Crippen LogP) is -1.04. The first-order chi connectivity index (χ1) is 8.15. The molecule has 1 unspecified atom stereocenters. The maximum Gasteiger partial charge on any atom is 0.407 e. The van der Waals surface area contributed by atoms with Crippen molar-refractivity contribution >= 4 is 23.8 Å². The van der Waals surface area contributed by atoms with Gasteiger partial charge in [-0.15, -0.1) is 5.10 Å². The number of carboxylic acid groups (broad SMARTS) is 1. The Balaban J connectivity index is 1.88. The van der Waals surface area contributed by atoms with Crippen molar-refractivity contribution in [2.24, 2.45) is 0 Å². The monoisotopic (exact) mass is 259 g/mol. The zero-order chi connectivity index (χ0) is 12.3. The molecule has 1 saturated heterocycles. The number of cyclic esters (lactones) is 1. The van der Waals surface area contributed by atoms with Crippen molar-refractivity contribution in [2.75, 3.05) is 12.3 Å². The summed E-state index contributed by atoms with van der Waals surface area (Å²) in [4.78, 5) is 21.3. The minimum absolute atomic E-state index is 0.248. The van der Waals surface area contributed by atoms with Crippen molar-refractivity contribution in [1.29, 1.82) is 0 Å². The van der Waals surface area contributed by atoms with Crippen molar-refractivity contribution in [1.82, 2.24) is 25.5 Å². The van der Waals surface area contributed by atoms with Gasteiger partial charge in [0.2, 0.25) is 5.16 Å². The van der Waals surface area contributed by atoms with Crippen LogP contribution in [0.4, 0.5) is 4.79 Å². The Morgan fingerprint density at radius 1 is 1.71 bits per heavy atom. The van der Waals surface area contributed by atoms with Crippen molar-refractivity contribution in [2.45, 2.75) is 17.8 Å². The van der Waals surface area contributed by atoms with E-state index in [9.17, 15) is 9.59 Å². The molecule has 92 valence electrons. The van der Waals surface area contributed by atoms with Crippen molar-refractivity contribution in [3.05, 3.63) is 0 Å². The fourth-order valence-corrected chi connectivity index (χ4v) is 2.08. The molecule has 0 spiro atoms. The number of thioether (sulfide) groups is 1. The molecule has 1 aliphatic rings. The third-order valence-corrected chi connectivity index (χ3v) is 3.02. The third kappa shape index (κ3) is 3.06. The highest BCUT2D eigenvalue weighted by Gasteiger charge is 2.23. The molecule has 1 aromatic rings. The van der Waals surface area contributed by atoms with Gasteiger partial charge in [0.05, 0.1) is 6.54 Å². The van der Waals surface area contributed by atoms with Gasteiger partial charge in [-0.3, -0.25) is 4.79 Å². The molecule has 1 amide bonds. The average Bonchev–Trinajstić information content (AvgIpc) is 2.84. The second-order valence-corrected chi connectivity index (χ2v) is 4.22. The maximum atomic E-state index is 10.8. The van der Waals surface area contributed by atoms with Crippen LogP contribution >= 0.6 is 11.8 Å². The Labute approximate surface area is 99.5 Å². The summed E-state index contributed by atoms with van der Waals surface area (Å²) < 4.78 is 6.09. The van der Waals surface area contributed by atoms with Gasteiger partial charge < -0.3 is 15.2 Å². The van der Waals surface area contributed by atoms with Crippen LogP contribution in [0.5, 0.6) is 0 Å². The minimum Gasteiger partial charge on any atom is -0.480 e. The molecule has 0 aliphatic carbocycles. The quantitative estimate of drug-likeness (QED) is 0.643. The Morgan fingerprint density at radius 3 is 3.18 bits per heavy atom. The van der Waals surface area contributed by atoms with Gasteiger partial charge in [-0.1, -0.05) is 11.8 Å². The molecule has 2 heterocycles. The number of rotatable bonds is 5. The lowest BCUT2D eigenvalue weighted by Gasteiger charge is -2.06. The summed E-state index contributed by atoms with van der Waals surface area (Å²) in [7, 11) is 0. The van der Waals surface area contributed by atoms with E-state index in [2.05, 4.69) is 20.8 Å². The number of amides is 1. The molecule has 10 heteroatoms. The highest BCUT2D eigenvalue weighted by molar-refractivity contribution is 7.99. The van der Waals surface area contributed by atoms with Gasteiger partial charge in [0, 0.05) is 5.75 Å². The number of hydrogen-bond acceptors (Lipinski definition) is 7. The van der Waals surface area contributed by atoms with Crippen LogP contribution in [-0.4, -0.2) is 55.8 Å². The maximum absolute atomic E-state index is 10.8. The first-order valence-electron chi connectivity index (χ1n) is 4.70. The molecular formula is C7H9N5O4S. The summed E-state index contributed by atoms with van der Waals surface area (Å²) in [6.45, 7) is 0.143. The Bertz CT molecular complexity index is 436. The average molecular weight is 259 g/mol. The first-order valence-corrected chi connectivity index (χ1v) is 5.69. The van der Waals surface area contributed by atoms with Gasteiger partial charge in [-0.05, 0) is 10.4 Å². The van der Waals surface area contributed by atoms with Crippen molar-refractivity contribution < 1.29 is 19.4 Å². The van der Waals surface area contributed by atoms with Crippen molar-refractivity contribution in [3.63, 3.8) is 0 Å².